The van der Waals surface area contributed by atoms with Crippen LogP contribution in [0.2, 0.25) is 0 Å². The zero-order valence-corrected chi connectivity index (χ0v) is 12.8. The summed E-state index contributed by atoms with van der Waals surface area (Å²) >= 11 is 1.10. The first-order valence-corrected chi connectivity index (χ1v) is 8.61. The van der Waals surface area contributed by atoms with Crippen molar-refractivity contribution in [2.24, 2.45) is 10.6 Å². The number of aryl methyl sites for hydroxylation is 1. The number of hydrogen-bond acceptors (Lipinski definition) is 6. The number of aromatic nitrogens is 1. The number of hydrogen-bond donors (Lipinski definition) is 3. The number of nitrogens with two attached hydrogens (primary N) is 1. The second-order valence-corrected chi connectivity index (χ2v) is 8.14. The third kappa shape index (κ3) is 3.65. The summed E-state index contributed by atoms with van der Waals surface area (Å²) in [5.74, 6) is 0. The molecule has 8 heteroatoms. The SMILES string of the molecule is Cc1nc(NCC2(C)CCCNC2)sc1S(N)(=O)=O. The van der Waals surface area contributed by atoms with Gasteiger partial charge in [0, 0.05) is 13.1 Å². The molecule has 2 heterocycles. The molecule has 2 rings (SSSR count). The zero-order valence-electron chi connectivity index (χ0n) is 11.2. The minimum Gasteiger partial charge on any atom is -0.361 e. The lowest BCUT2D eigenvalue weighted by atomic mass is 9.83. The summed E-state index contributed by atoms with van der Waals surface area (Å²) < 4.78 is 22.8. The number of nitrogens with zero attached hydrogens (tertiary/aromatic N) is 1. The highest BCUT2D eigenvalue weighted by atomic mass is 32.2. The van der Waals surface area contributed by atoms with Crippen LogP contribution >= 0.6 is 11.3 Å². The molecular formula is C11H20N4O2S2. The van der Waals surface area contributed by atoms with Crippen molar-refractivity contribution in [1.82, 2.24) is 10.3 Å². The number of rotatable bonds is 4. The molecule has 0 amide bonds. The van der Waals surface area contributed by atoms with Crippen molar-refractivity contribution in [3.05, 3.63) is 5.69 Å². The van der Waals surface area contributed by atoms with E-state index in [1.165, 1.54) is 0 Å². The molecule has 108 valence electrons. The molecule has 4 N–H and O–H groups in total. The van der Waals surface area contributed by atoms with Crippen molar-refractivity contribution in [2.75, 3.05) is 25.0 Å². The van der Waals surface area contributed by atoms with E-state index in [0.717, 1.165) is 43.8 Å². The summed E-state index contributed by atoms with van der Waals surface area (Å²) in [5.41, 5.74) is 0.640. The Labute approximate surface area is 117 Å². The first kappa shape index (κ1) is 14.7. The Morgan fingerprint density at radius 2 is 2.32 bits per heavy atom. The van der Waals surface area contributed by atoms with Crippen LogP contribution in [0.4, 0.5) is 5.13 Å². The van der Waals surface area contributed by atoms with Gasteiger partial charge in [0.2, 0.25) is 10.0 Å². The van der Waals surface area contributed by atoms with Crippen molar-refractivity contribution in [2.45, 2.75) is 30.9 Å². The Balaban J connectivity index is 2.04. The summed E-state index contributed by atoms with van der Waals surface area (Å²) in [6.45, 7) is 6.68. The molecule has 0 bridgehead atoms. The van der Waals surface area contributed by atoms with E-state index in [1.807, 2.05) is 0 Å². The molecule has 1 saturated heterocycles. The Morgan fingerprint density at radius 1 is 1.58 bits per heavy atom. The molecule has 0 radical (unpaired) electrons. The average Bonchev–Trinajstić information content (AvgIpc) is 2.69. The van der Waals surface area contributed by atoms with Crippen LogP contribution in [0.15, 0.2) is 4.21 Å². The first-order valence-electron chi connectivity index (χ1n) is 6.25. The molecule has 0 aliphatic carbocycles. The van der Waals surface area contributed by atoms with Crippen LogP contribution in [0.3, 0.4) is 0 Å². The Morgan fingerprint density at radius 3 is 2.84 bits per heavy atom. The molecule has 19 heavy (non-hydrogen) atoms. The number of sulfonamides is 1. The second-order valence-electron chi connectivity index (χ2n) is 5.38. The Kier molecular flexibility index (Phi) is 4.14. The highest BCUT2D eigenvalue weighted by Crippen LogP contribution is 2.29. The zero-order chi connectivity index (χ0) is 14.1. The molecule has 1 aliphatic rings. The van der Waals surface area contributed by atoms with Gasteiger partial charge in [-0.2, -0.15) is 0 Å². The highest BCUT2D eigenvalue weighted by molar-refractivity contribution is 7.91. The number of primary sulfonamides is 1. The van der Waals surface area contributed by atoms with E-state index in [-0.39, 0.29) is 9.62 Å². The molecule has 0 aromatic carbocycles. The summed E-state index contributed by atoms with van der Waals surface area (Å²) in [7, 11) is -3.67. The molecule has 1 aromatic rings. The van der Waals surface area contributed by atoms with Gasteiger partial charge in [-0.1, -0.05) is 18.3 Å². The molecule has 0 spiro atoms. The lowest BCUT2D eigenvalue weighted by molar-refractivity contribution is 0.253. The quantitative estimate of drug-likeness (QED) is 0.768. The summed E-state index contributed by atoms with van der Waals surface area (Å²) in [4.78, 5) is 4.22. The predicted molar refractivity (Wildman–Crippen MR) is 76.9 cm³/mol. The van der Waals surface area contributed by atoms with Crippen LogP contribution < -0.4 is 15.8 Å². The number of piperidine rings is 1. The second kappa shape index (κ2) is 5.35. The van der Waals surface area contributed by atoms with Gasteiger partial charge < -0.3 is 10.6 Å². The summed E-state index contributed by atoms with van der Waals surface area (Å²) in [6, 6.07) is 0. The van der Waals surface area contributed by atoms with Crippen molar-refractivity contribution in [1.29, 1.82) is 0 Å². The maximum atomic E-state index is 11.3. The van der Waals surface area contributed by atoms with E-state index in [0.29, 0.717) is 10.8 Å². The van der Waals surface area contributed by atoms with Crippen LogP contribution in [-0.2, 0) is 10.0 Å². The molecule has 1 unspecified atom stereocenters. The fraction of sp³-hybridized carbons (Fsp3) is 0.727. The number of thiazole rings is 1. The van der Waals surface area contributed by atoms with Crippen molar-refractivity contribution in [3.8, 4) is 0 Å². The van der Waals surface area contributed by atoms with Gasteiger partial charge in [0.05, 0.1) is 5.69 Å². The van der Waals surface area contributed by atoms with Gasteiger partial charge in [0.1, 0.15) is 0 Å². The van der Waals surface area contributed by atoms with Crippen molar-refractivity contribution >= 4 is 26.5 Å². The molecular weight excluding hydrogens is 284 g/mol. The number of nitrogens with one attached hydrogen (secondary N) is 2. The number of anilines is 1. The maximum absolute atomic E-state index is 11.3. The standard InChI is InChI=1S/C11H20N4O2S2/c1-8-9(19(12,16)17)18-10(15-8)14-7-11(2)4-3-5-13-6-11/h13H,3-7H2,1-2H3,(H,14,15)(H2,12,16,17). The third-order valence-electron chi connectivity index (χ3n) is 3.36. The van der Waals surface area contributed by atoms with Gasteiger partial charge in [0.15, 0.2) is 9.34 Å². The monoisotopic (exact) mass is 304 g/mol. The van der Waals surface area contributed by atoms with E-state index >= 15 is 0 Å². The maximum Gasteiger partial charge on any atom is 0.249 e. The van der Waals surface area contributed by atoms with E-state index in [9.17, 15) is 8.42 Å². The van der Waals surface area contributed by atoms with Crippen LogP contribution in [0.5, 0.6) is 0 Å². The molecule has 1 atom stereocenters. The van der Waals surface area contributed by atoms with Crippen molar-refractivity contribution < 1.29 is 8.42 Å². The predicted octanol–water partition coefficient (Wildman–Crippen LogP) is 0.901. The Bertz CT molecular complexity index is 547. The lowest BCUT2D eigenvalue weighted by Gasteiger charge is -2.34. The van der Waals surface area contributed by atoms with Gasteiger partial charge in [-0.15, -0.1) is 0 Å². The fourth-order valence-electron chi connectivity index (χ4n) is 2.28. The van der Waals surface area contributed by atoms with Crippen LogP contribution in [0.1, 0.15) is 25.5 Å². The van der Waals surface area contributed by atoms with E-state index in [4.69, 9.17) is 5.14 Å². The van der Waals surface area contributed by atoms with E-state index in [2.05, 4.69) is 22.5 Å². The van der Waals surface area contributed by atoms with Gasteiger partial charge >= 0.3 is 0 Å². The minimum absolute atomic E-state index is 0.141. The van der Waals surface area contributed by atoms with Crippen molar-refractivity contribution in [3.63, 3.8) is 0 Å². The van der Waals surface area contributed by atoms with Crippen LogP contribution in [0.25, 0.3) is 0 Å². The molecule has 0 saturated carbocycles. The molecule has 1 aliphatic heterocycles. The van der Waals surface area contributed by atoms with Gasteiger partial charge in [-0.3, -0.25) is 0 Å². The van der Waals surface area contributed by atoms with E-state index in [1.54, 1.807) is 6.92 Å². The normalized spacial score (nSPS) is 24.4. The largest absolute Gasteiger partial charge is 0.361 e. The topological polar surface area (TPSA) is 97.1 Å². The van der Waals surface area contributed by atoms with E-state index < -0.39 is 10.0 Å². The lowest BCUT2D eigenvalue weighted by Crippen LogP contribution is -2.42. The smallest absolute Gasteiger partial charge is 0.249 e. The fourth-order valence-corrected chi connectivity index (χ4v) is 4.14. The highest BCUT2D eigenvalue weighted by Gasteiger charge is 2.27. The van der Waals surface area contributed by atoms with Gasteiger partial charge in [0.25, 0.3) is 0 Å². The van der Waals surface area contributed by atoms with Crippen LogP contribution in [-0.4, -0.2) is 33.0 Å². The Hall–Kier alpha value is -0.700. The summed E-state index contributed by atoms with van der Waals surface area (Å²) in [5, 5.41) is 12.4. The van der Waals surface area contributed by atoms with Gasteiger partial charge in [-0.05, 0) is 31.7 Å². The summed E-state index contributed by atoms with van der Waals surface area (Å²) in [6.07, 6.45) is 2.32. The van der Waals surface area contributed by atoms with Crippen LogP contribution in [0, 0.1) is 12.3 Å². The molecule has 6 nitrogen and oxygen atoms in total. The molecule has 1 fully saturated rings. The average molecular weight is 304 g/mol. The minimum atomic E-state index is -3.67. The first-order chi connectivity index (χ1) is 8.80. The van der Waals surface area contributed by atoms with Gasteiger partial charge in [-0.25, -0.2) is 18.5 Å². The molecule has 1 aromatic heterocycles. The third-order valence-corrected chi connectivity index (χ3v) is 6.03.